The van der Waals surface area contributed by atoms with Crippen molar-refractivity contribution in [2.24, 2.45) is 0 Å². The van der Waals surface area contributed by atoms with E-state index in [9.17, 15) is 9.18 Å². The van der Waals surface area contributed by atoms with Gasteiger partial charge in [0.05, 0.1) is 29.5 Å². The second-order valence-electron chi connectivity index (χ2n) is 3.39. The fourth-order valence-electron chi connectivity index (χ4n) is 1.71. The Hall–Kier alpha value is -2.57. The highest BCUT2D eigenvalue weighted by Crippen LogP contribution is 2.23. The van der Waals surface area contributed by atoms with Gasteiger partial charge in [0.15, 0.2) is 17.9 Å². The molecule has 0 unspecified atom stereocenters. The van der Waals surface area contributed by atoms with Gasteiger partial charge >= 0.3 is 0 Å². The highest BCUT2D eigenvalue weighted by molar-refractivity contribution is 5.99. The molecule has 3 aromatic rings. The van der Waals surface area contributed by atoms with Crippen LogP contribution in [0.2, 0.25) is 0 Å². The third-order valence-electron chi connectivity index (χ3n) is 2.44. The van der Waals surface area contributed by atoms with Crippen LogP contribution in [0, 0.1) is 5.82 Å². The highest BCUT2D eigenvalue weighted by atomic mass is 19.1. The minimum Gasteiger partial charge on any atom is -0.357 e. The highest BCUT2D eigenvalue weighted by Gasteiger charge is 2.14. The zero-order valence-corrected chi connectivity index (χ0v) is 8.46. The number of nitrogens with zero attached hydrogens (tertiary/aromatic N) is 4. The predicted molar refractivity (Wildman–Crippen MR) is 56.4 cm³/mol. The summed E-state index contributed by atoms with van der Waals surface area (Å²) >= 11 is 0. The fourth-order valence-corrected chi connectivity index (χ4v) is 1.71. The van der Waals surface area contributed by atoms with Crippen molar-refractivity contribution < 1.29 is 9.18 Å². The lowest BCUT2D eigenvalue weighted by Gasteiger charge is -2.01. The molecule has 0 fully saturated rings. The number of halogens is 1. The Kier molecular flexibility index (Phi) is 1.97. The summed E-state index contributed by atoms with van der Waals surface area (Å²) < 4.78 is 15.0. The van der Waals surface area contributed by atoms with E-state index in [0.29, 0.717) is 17.6 Å². The number of fused-ring (bicyclic) bond motifs is 1. The van der Waals surface area contributed by atoms with Crippen LogP contribution in [0.5, 0.6) is 0 Å². The van der Waals surface area contributed by atoms with E-state index in [-0.39, 0.29) is 10.9 Å². The van der Waals surface area contributed by atoms with Crippen LogP contribution < -0.4 is 0 Å². The van der Waals surface area contributed by atoms with Gasteiger partial charge in [-0.05, 0) is 0 Å². The molecular weight excluding hydrogens is 225 g/mol. The lowest BCUT2D eigenvalue weighted by Crippen LogP contribution is -2.00. The van der Waals surface area contributed by atoms with Gasteiger partial charge in [-0.1, -0.05) is 5.21 Å². The van der Waals surface area contributed by atoms with Crippen LogP contribution in [0.15, 0.2) is 24.8 Å². The zero-order chi connectivity index (χ0) is 11.8. The molecular formula is C10H6FN5O. The Labute approximate surface area is 94.1 Å². The molecule has 0 aliphatic carbocycles. The second kappa shape index (κ2) is 3.48. The van der Waals surface area contributed by atoms with Crippen LogP contribution in [0.3, 0.4) is 0 Å². The van der Waals surface area contributed by atoms with Crippen LogP contribution in [-0.2, 0) is 0 Å². The first-order chi connectivity index (χ1) is 8.31. The molecule has 7 heteroatoms. The summed E-state index contributed by atoms with van der Waals surface area (Å²) in [5, 5.41) is 7.63. The number of hydrogen-bond donors (Lipinski definition) is 1. The average molecular weight is 231 g/mol. The van der Waals surface area contributed by atoms with Crippen LogP contribution in [-0.4, -0.2) is 31.2 Å². The Morgan fingerprint density at radius 1 is 1.47 bits per heavy atom. The van der Waals surface area contributed by atoms with Crippen LogP contribution in [0.25, 0.3) is 16.7 Å². The van der Waals surface area contributed by atoms with E-state index in [0.717, 1.165) is 6.20 Å². The molecule has 0 aromatic carbocycles. The maximum absolute atomic E-state index is 13.6. The predicted octanol–water partition coefficient (Wildman–Crippen LogP) is 1.10. The van der Waals surface area contributed by atoms with Gasteiger partial charge < -0.3 is 4.98 Å². The first-order valence-electron chi connectivity index (χ1n) is 4.78. The molecule has 0 radical (unpaired) electrons. The van der Waals surface area contributed by atoms with Crippen molar-refractivity contribution in [1.82, 2.24) is 25.0 Å². The summed E-state index contributed by atoms with van der Waals surface area (Å²) in [4.78, 5) is 17.5. The molecule has 6 nitrogen and oxygen atoms in total. The van der Waals surface area contributed by atoms with Crippen LogP contribution >= 0.6 is 0 Å². The summed E-state index contributed by atoms with van der Waals surface area (Å²) in [6.45, 7) is 0. The van der Waals surface area contributed by atoms with Crippen LogP contribution in [0.4, 0.5) is 4.39 Å². The number of aromatic nitrogens is 5. The molecule has 3 heterocycles. The zero-order valence-electron chi connectivity index (χ0n) is 8.46. The molecule has 0 amide bonds. The van der Waals surface area contributed by atoms with E-state index in [2.05, 4.69) is 20.3 Å². The summed E-state index contributed by atoms with van der Waals surface area (Å²) in [5.41, 5.74) is 0.666. The molecule has 0 bridgehead atoms. The van der Waals surface area contributed by atoms with Crippen molar-refractivity contribution in [3.8, 4) is 5.82 Å². The van der Waals surface area contributed by atoms with Crippen molar-refractivity contribution >= 4 is 17.2 Å². The lowest BCUT2D eigenvalue weighted by atomic mass is 10.2. The van der Waals surface area contributed by atoms with Crippen molar-refractivity contribution in [3.05, 3.63) is 36.2 Å². The third-order valence-corrected chi connectivity index (χ3v) is 2.44. The molecule has 0 spiro atoms. The molecule has 0 aliphatic heterocycles. The van der Waals surface area contributed by atoms with E-state index < -0.39 is 5.82 Å². The Morgan fingerprint density at radius 3 is 3.06 bits per heavy atom. The standard InChI is InChI=1S/C10H6FN5O/c11-7-4-13-10(16-2-1-14-15-16)9-8(7)6(5-17)3-12-9/h1-5,12H. The number of hydrogen-bond acceptors (Lipinski definition) is 4. The maximum atomic E-state index is 13.6. The van der Waals surface area contributed by atoms with Crippen molar-refractivity contribution in [2.75, 3.05) is 0 Å². The van der Waals surface area contributed by atoms with E-state index in [4.69, 9.17) is 0 Å². The van der Waals surface area contributed by atoms with Gasteiger partial charge in [-0.15, -0.1) is 5.10 Å². The molecule has 84 valence electrons. The molecule has 17 heavy (non-hydrogen) atoms. The first-order valence-corrected chi connectivity index (χ1v) is 4.78. The number of carbonyl (C=O) groups is 1. The van der Waals surface area contributed by atoms with Gasteiger partial charge in [-0.25, -0.2) is 14.1 Å². The van der Waals surface area contributed by atoms with Gasteiger partial charge in [0.2, 0.25) is 0 Å². The molecule has 3 aromatic heterocycles. The molecule has 1 N–H and O–H groups in total. The molecule has 0 saturated heterocycles. The maximum Gasteiger partial charge on any atom is 0.179 e. The molecule has 0 aliphatic rings. The summed E-state index contributed by atoms with van der Waals surface area (Å²) in [5.74, 6) is -0.154. The summed E-state index contributed by atoms with van der Waals surface area (Å²) in [7, 11) is 0. The van der Waals surface area contributed by atoms with Gasteiger partial charge in [0.25, 0.3) is 0 Å². The van der Waals surface area contributed by atoms with Crippen molar-refractivity contribution in [2.45, 2.75) is 0 Å². The van der Waals surface area contributed by atoms with E-state index in [1.807, 2.05) is 0 Å². The first kappa shape index (κ1) is 9.64. The van der Waals surface area contributed by atoms with Crippen LogP contribution in [0.1, 0.15) is 10.4 Å². The summed E-state index contributed by atoms with van der Waals surface area (Å²) in [6.07, 6.45) is 6.15. The van der Waals surface area contributed by atoms with Crippen molar-refractivity contribution in [3.63, 3.8) is 0 Å². The Morgan fingerprint density at radius 2 is 2.35 bits per heavy atom. The molecule has 0 atom stereocenters. The number of pyridine rings is 1. The Balaban J connectivity index is 2.39. The van der Waals surface area contributed by atoms with E-state index in [1.54, 1.807) is 6.20 Å². The second-order valence-corrected chi connectivity index (χ2v) is 3.39. The molecule has 3 rings (SSSR count). The van der Waals surface area contributed by atoms with Gasteiger partial charge in [0, 0.05) is 11.8 Å². The number of nitrogens with one attached hydrogen (secondary N) is 1. The van der Waals surface area contributed by atoms with Gasteiger partial charge in [-0.3, -0.25) is 4.79 Å². The number of aldehydes is 1. The van der Waals surface area contributed by atoms with Crippen molar-refractivity contribution in [1.29, 1.82) is 0 Å². The largest absolute Gasteiger partial charge is 0.357 e. The smallest absolute Gasteiger partial charge is 0.179 e. The minimum absolute atomic E-state index is 0.209. The third kappa shape index (κ3) is 1.32. The average Bonchev–Trinajstić information content (AvgIpc) is 2.98. The molecule has 0 saturated carbocycles. The lowest BCUT2D eigenvalue weighted by molar-refractivity contribution is 0.112. The number of aromatic amines is 1. The van der Waals surface area contributed by atoms with E-state index >= 15 is 0 Å². The quantitative estimate of drug-likeness (QED) is 0.670. The SMILES string of the molecule is O=Cc1c[nH]c2c(-n3ccnn3)ncc(F)c12. The van der Waals surface area contributed by atoms with Gasteiger partial charge in [0.1, 0.15) is 0 Å². The summed E-state index contributed by atoms with van der Waals surface area (Å²) in [6, 6.07) is 0. The number of rotatable bonds is 2. The van der Waals surface area contributed by atoms with E-state index in [1.165, 1.54) is 17.1 Å². The minimum atomic E-state index is -0.549. The topological polar surface area (TPSA) is 76.5 Å². The normalized spacial score (nSPS) is 10.9. The number of carbonyl (C=O) groups excluding carboxylic acids is 1. The fraction of sp³-hybridized carbons (Fsp3) is 0. The number of H-pyrrole nitrogens is 1. The van der Waals surface area contributed by atoms with Gasteiger partial charge in [-0.2, -0.15) is 0 Å². The Bertz CT molecular complexity index is 688. The monoisotopic (exact) mass is 231 g/mol.